The molecule has 49 heavy (non-hydrogen) atoms. The molecule has 0 bridgehead atoms. The van der Waals surface area contributed by atoms with Crippen LogP contribution in [0.2, 0.25) is 0 Å². The highest BCUT2D eigenvalue weighted by Crippen LogP contribution is 2.34. The van der Waals surface area contributed by atoms with Gasteiger partial charge in [-0.25, -0.2) is 14.4 Å². The van der Waals surface area contributed by atoms with Crippen molar-refractivity contribution in [3.05, 3.63) is 85.0 Å². The van der Waals surface area contributed by atoms with E-state index in [0.717, 1.165) is 75.8 Å². The molecule has 4 rings (SSSR count). The molecule has 2 fully saturated rings. The fourth-order valence-electron chi connectivity index (χ4n) is 6.40. The fourth-order valence-corrected chi connectivity index (χ4v) is 6.40. The Hall–Kier alpha value is -4.11. The van der Waals surface area contributed by atoms with Gasteiger partial charge in [-0.05, 0) is 92.9 Å². The third-order valence-electron chi connectivity index (χ3n) is 9.32. The molecular formula is C40H52O9. The SMILES string of the molecule is C=CC(=O)OCCCOC1CCC(COc2ccc(OCC3CCC(CCCOC(=O)C=C)CC3)c(C(=O)OCc3ccccc3)c2)CC1. The van der Waals surface area contributed by atoms with Crippen LogP contribution in [0.5, 0.6) is 11.5 Å². The van der Waals surface area contributed by atoms with E-state index in [1.165, 1.54) is 6.08 Å². The van der Waals surface area contributed by atoms with Crippen LogP contribution in [0.4, 0.5) is 0 Å². The summed E-state index contributed by atoms with van der Waals surface area (Å²) >= 11 is 0. The van der Waals surface area contributed by atoms with Crippen LogP contribution in [-0.2, 0) is 35.1 Å². The van der Waals surface area contributed by atoms with E-state index in [9.17, 15) is 14.4 Å². The molecule has 266 valence electrons. The second kappa shape index (κ2) is 21.1. The molecule has 0 amide bonds. The summed E-state index contributed by atoms with van der Waals surface area (Å²) in [5, 5.41) is 0. The normalized spacial score (nSPS) is 20.4. The predicted octanol–water partition coefficient (Wildman–Crippen LogP) is 7.81. The molecule has 9 heteroatoms. The van der Waals surface area contributed by atoms with E-state index in [2.05, 4.69) is 13.2 Å². The Balaban J connectivity index is 1.24. The van der Waals surface area contributed by atoms with E-state index in [4.69, 9.17) is 28.4 Å². The van der Waals surface area contributed by atoms with Crippen LogP contribution in [0.3, 0.4) is 0 Å². The zero-order valence-corrected chi connectivity index (χ0v) is 28.7. The van der Waals surface area contributed by atoms with Crippen LogP contribution in [0, 0.1) is 17.8 Å². The largest absolute Gasteiger partial charge is 0.493 e. The van der Waals surface area contributed by atoms with Crippen molar-refractivity contribution in [2.24, 2.45) is 17.8 Å². The third kappa shape index (κ3) is 13.7. The molecule has 2 aliphatic carbocycles. The first-order valence-corrected chi connectivity index (χ1v) is 17.7. The van der Waals surface area contributed by atoms with Crippen molar-refractivity contribution < 1.29 is 42.8 Å². The van der Waals surface area contributed by atoms with Crippen molar-refractivity contribution in [3.8, 4) is 11.5 Å². The van der Waals surface area contributed by atoms with E-state index < -0.39 is 11.9 Å². The number of rotatable bonds is 20. The smallest absolute Gasteiger partial charge is 0.342 e. The lowest BCUT2D eigenvalue weighted by Gasteiger charge is -2.29. The first-order valence-electron chi connectivity index (χ1n) is 17.7. The number of hydrogen-bond donors (Lipinski definition) is 0. The minimum absolute atomic E-state index is 0.173. The van der Waals surface area contributed by atoms with Crippen LogP contribution in [0.15, 0.2) is 73.8 Å². The van der Waals surface area contributed by atoms with Gasteiger partial charge in [0, 0.05) is 18.6 Å². The molecule has 2 aromatic rings. The lowest BCUT2D eigenvalue weighted by molar-refractivity contribution is -0.139. The minimum Gasteiger partial charge on any atom is -0.493 e. The summed E-state index contributed by atoms with van der Waals surface area (Å²) in [5.74, 6) is 1.34. The van der Waals surface area contributed by atoms with Crippen molar-refractivity contribution in [1.29, 1.82) is 0 Å². The molecule has 0 spiro atoms. The molecule has 0 aromatic heterocycles. The van der Waals surface area contributed by atoms with Crippen LogP contribution in [-0.4, -0.2) is 57.0 Å². The molecule has 9 nitrogen and oxygen atoms in total. The first kappa shape index (κ1) is 37.7. The van der Waals surface area contributed by atoms with Gasteiger partial charge in [0.05, 0.1) is 39.1 Å². The molecular weight excluding hydrogens is 624 g/mol. The number of esters is 3. The molecule has 0 unspecified atom stereocenters. The molecule has 0 atom stereocenters. The zero-order chi connectivity index (χ0) is 34.7. The highest BCUT2D eigenvalue weighted by atomic mass is 16.5. The van der Waals surface area contributed by atoms with Gasteiger partial charge in [-0.3, -0.25) is 0 Å². The number of ether oxygens (including phenoxy) is 6. The van der Waals surface area contributed by atoms with Crippen LogP contribution >= 0.6 is 0 Å². The lowest BCUT2D eigenvalue weighted by atomic mass is 9.80. The quantitative estimate of drug-likeness (QED) is 0.0601. The molecule has 2 saturated carbocycles. The summed E-state index contributed by atoms with van der Waals surface area (Å²) in [6.45, 7) is 9.42. The van der Waals surface area contributed by atoms with Crippen molar-refractivity contribution in [2.75, 3.05) is 33.0 Å². The Bertz CT molecular complexity index is 1320. The summed E-state index contributed by atoms with van der Waals surface area (Å²) < 4.78 is 34.3. The van der Waals surface area contributed by atoms with Crippen molar-refractivity contribution >= 4 is 17.9 Å². The van der Waals surface area contributed by atoms with Gasteiger partial charge in [-0.2, -0.15) is 0 Å². The maximum absolute atomic E-state index is 13.4. The van der Waals surface area contributed by atoms with Gasteiger partial charge in [0.1, 0.15) is 23.7 Å². The molecule has 2 aromatic carbocycles. The fraction of sp³-hybridized carbons (Fsp3) is 0.525. The second-order valence-corrected chi connectivity index (χ2v) is 13.0. The van der Waals surface area contributed by atoms with Crippen molar-refractivity contribution in [3.63, 3.8) is 0 Å². The van der Waals surface area contributed by atoms with Gasteiger partial charge in [0.15, 0.2) is 0 Å². The third-order valence-corrected chi connectivity index (χ3v) is 9.32. The summed E-state index contributed by atoms with van der Waals surface area (Å²) in [5.41, 5.74) is 1.28. The van der Waals surface area contributed by atoms with Gasteiger partial charge in [-0.1, -0.05) is 56.3 Å². The summed E-state index contributed by atoms with van der Waals surface area (Å²) in [4.78, 5) is 35.7. The molecule has 2 aliphatic rings. The average Bonchev–Trinajstić information content (AvgIpc) is 3.15. The monoisotopic (exact) mass is 676 g/mol. The Morgan fingerprint density at radius 1 is 0.673 bits per heavy atom. The van der Waals surface area contributed by atoms with Crippen LogP contribution in [0.1, 0.15) is 86.6 Å². The minimum atomic E-state index is -0.443. The summed E-state index contributed by atoms with van der Waals surface area (Å²) in [6, 6.07) is 15.0. The van der Waals surface area contributed by atoms with E-state index in [-0.39, 0.29) is 18.7 Å². The number of carbonyl (C=O) groups excluding carboxylic acids is 3. The highest BCUT2D eigenvalue weighted by Gasteiger charge is 2.25. The zero-order valence-electron chi connectivity index (χ0n) is 28.7. The Morgan fingerprint density at radius 3 is 1.96 bits per heavy atom. The molecule has 0 saturated heterocycles. The maximum atomic E-state index is 13.4. The average molecular weight is 677 g/mol. The van der Waals surface area contributed by atoms with Gasteiger partial charge in [0.2, 0.25) is 0 Å². The summed E-state index contributed by atoms with van der Waals surface area (Å²) in [7, 11) is 0. The molecule has 0 N–H and O–H groups in total. The van der Waals surface area contributed by atoms with E-state index in [1.807, 2.05) is 42.5 Å². The standard InChI is InChI=1S/C40H52O9/c1-3-38(41)45-23-8-12-30-13-15-32(16-14-30)28-48-37-22-21-35(26-36(37)40(43)49-29-31-10-6-5-7-11-31)47-27-33-17-19-34(20-18-33)44-24-9-25-46-39(42)4-2/h3-7,10-11,21-22,26,30,32-34H,1-2,8-9,12-20,23-25,27-29H2. The molecule has 0 heterocycles. The first-order chi connectivity index (χ1) is 23.9. The Kier molecular flexibility index (Phi) is 16.2. The molecule has 0 aliphatic heterocycles. The number of benzene rings is 2. The van der Waals surface area contributed by atoms with Gasteiger partial charge in [-0.15, -0.1) is 0 Å². The maximum Gasteiger partial charge on any atom is 0.342 e. The Labute approximate surface area is 290 Å². The van der Waals surface area contributed by atoms with E-state index >= 15 is 0 Å². The topological polar surface area (TPSA) is 107 Å². The van der Waals surface area contributed by atoms with Gasteiger partial charge >= 0.3 is 17.9 Å². The lowest BCUT2D eigenvalue weighted by Crippen LogP contribution is -2.25. The summed E-state index contributed by atoms with van der Waals surface area (Å²) in [6.07, 6.45) is 13.4. The van der Waals surface area contributed by atoms with Crippen LogP contribution < -0.4 is 9.47 Å². The predicted molar refractivity (Wildman–Crippen MR) is 186 cm³/mol. The molecule has 0 radical (unpaired) electrons. The van der Waals surface area contributed by atoms with E-state index in [0.29, 0.717) is 74.3 Å². The second-order valence-electron chi connectivity index (χ2n) is 13.0. The van der Waals surface area contributed by atoms with Crippen molar-refractivity contribution in [1.82, 2.24) is 0 Å². The Morgan fingerprint density at radius 2 is 1.29 bits per heavy atom. The van der Waals surface area contributed by atoms with Crippen LogP contribution in [0.25, 0.3) is 0 Å². The number of hydrogen-bond acceptors (Lipinski definition) is 9. The van der Waals surface area contributed by atoms with Gasteiger partial charge < -0.3 is 28.4 Å². The van der Waals surface area contributed by atoms with Crippen molar-refractivity contribution in [2.45, 2.75) is 83.3 Å². The van der Waals surface area contributed by atoms with Gasteiger partial charge in [0.25, 0.3) is 0 Å². The van der Waals surface area contributed by atoms with E-state index in [1.54, 1.807) is 6.07 Å². The highest BCUT2D eigenvalue weighted by molar-refractivity contribution is 5.93. The number of carbonyl (C=O) groups is 3.